The molecule has 2 N–H and O–H groups in total. The van der Waals surface area contributed by atoms with Gasteiger partial charge in [0, 0.05) is 78.7 Å². The van der Waals surface area contributed by atoms with Gasteiger partial charge in [0.15, 0.2) is 5.96 Å². The first kappa shape index (κ1) is 21.6. The van der Waals surface area contributed by atoms with Crippen molar-refractivity contribution in [2.75, 3.05) is 73.1 Å². The smallest absolute Gasteiger partial charge is 0.243 e. The van der Waals surface area contributed by atoms with Gasteiger partial charge in [-0.2, -0.15) is 0 Å². The molecule has 0 spiro atoms. The van der Waals surface area contributed by atoms with Gasteiger partial charge in [-0.05, 0) is 12.8 Å². The average Bonchev–Trinajstić information content (AvgIpc) is 2.65. The number of amides is 1. The number of nitrogens with zero attached hydrogens (tertiary/aromatic N) is 4. The van der Waals surface area contributed by atoms with Crippen LogP contribution < -0.4 is 10.6 Å². The normalized spacial score (nSPS) is 29.0. The molecule has 8 nitrogen and oxygen atoms in total. The van der Waals surface area contributed by atoms with Crippen LogP contribution in [0.15, 0.2) is 4.99 Å². The minimum Gasteiger partial charge on any atom is -0.381 e. The van der Waals surface area contributed by atoms with Crippen LogP contribution in [0.5, 0.6) is 0 Å². The summed E-state index contributed by atoms with van der Waals surface area (Å²) < 4.78 is 5.43. The van der Waals surface area contributed by atoms with Crippen molar-refractivity contribution in [3.63, 3.8) is 0 Å². The lowest BCUT2D eigenvalue weighted by molar-refractivity contribution is -0.127. The molecule has 1 atom stereocenters. The Morgan fingerprint density at radius 3 is 2.46 bits per heavy atom. The zero-order valence-corrected chi connectivity index (χ0v) is 18.3. The molecule has 4 fully saturated rings. The highest BCUT2D eigenvalue weighted by molar-refractivity contribution is 14.0. The number of piperazine rings is 3. The quantitative estimate of drug-likeness (QED) is 0.312. The SMILES string of the molecule is CN(C)C(=O)CN=C(NCC1CN2CCN1CC2)NC1CCOCC1.I. The molecule has 0 radical (unpaired) electrons. The van der Waals surface area contributed by atoms with E-state index in [1.54, 1.807) is 19.0 Å². The van der Waals surface area contributed by atoms with Crippen molar-refractivity contribution in [3.05, 3.63) is 0 Å². The summed E-state index contributed by atoms with van der Waals surface area (Å²) in [5.41, 5.74) is 0. The second kappa shape index (κ2) is 10.6. The summed E-state index contributed by atoms with van der Waals surface area (Å²) >= 11 is 0. The summed E-state index contributed by atoms with van der Waals surface area (Å²) in [5, 5.41) is 6.96. The Balaban J connectivity index is 0.00000243. The number of rotatable bonds is 5. The Morgan fingerprint density at radius 1 is 1.19 bits per heavy atom. The van der Waals surface area contributed by atoms with Gasteiger partial charge in [-0.3, -0.25) is 14.6 Å². The third kappa shape index (κ3) is 6.21. The van der Waals surface area contributed by atoms with E-state index in [0.717, 1.165) is 58.2 Å². The molecular weight excluding hydrogens is 447 g/mol. The van der Waals surface area contributed by atoms with Gasteiger partial charge in [0.25, 0.3) is 0 Å². The van der Waals surface area contributed by atoms with Crippen LogP contribution in [-0.4, -0.2) is 112 Å². The summed E-state index contributed by atoms with van der Waals surface area (Å²) in [4.78, 5) is 23.1. The minimum atomic E-state index is 0. The maximum Gasteiger partial charge on any atom is 0.243 e. The number of fused-ring (bicyclic) bond motifs is 3. The molecule has 0 aromatic heterocycles. The number of nitrogens with one attached hydrogen (secondary N) is 2. The molecule has 4 heterocycles. The zero-order valence-electron chi connectivity index (χ0n) is 15.9. The van der Waals surface area contributed by atoms with E-state index in [1.807, 2.05) is 0 Å². The number of ether oxygens (including phenoxy) is 1. The number of aliphatic imine (C=N–C) groups is 1. The predicted octanol–water partition coefficient (Wildman–Crippen LogP) is -0.593. The summed E-state index contributed by atoms with van der Waals surface area (Å²) in [6.45, 7) is 8.42. The molecule has 1 amide bonds. The first-order chi connectivity index (χ1) is 12.1. The van der Waals surface area contributed by atoms with Gasteiger partial charge >= 0.3 is 0 Å². The lowest BCUT2D eigenvalue weighted by Crippen LogP contribution is -2.64. The molecule has 4 aliphatic rings. The van der Waals surface area contributed by atoms with Crippen LogP contribution in [0.25, 0.3) is 0 Å². The maximum absolute atomic E-state index is 11.9. The molecule has 26 heavy (non-hydrogen) atoms. The van der Waals surface area contributed by atoms with E-state index in [-0.39, 0.29) is 36.4 Å². The second-order valence-corrected chi connectivity index (χ2v) is 7.36. The third-order valence-corrected chi connectivity index (χ3v) is 5.33. The standard InChI is InChI=1S/C17H32N6O2.HI/c1-21(2)16(24)12-19-17(20-14-3-9-25-10-4-14)18-11-15-13-22-5-7-23(15)8-6-22;/h14-15H,3-13H2,1-2H3,(H2,18,19,20);1H. The third-order valence-electron chi connectivity index (χ3n) is 5.33. The van der Waals surface area contributed by atoms with E-state index in [9.17, 15) is 4.79 Å². The minimum absolute atomic E-state index is 0. The number of carbonyl (C=O) groups excluding carboxylic acids is 1. The molecular formula is C17H33IN6O2. The Kier molecular flexibility index (Phi) is 8.85. The predicted molar refractivity (Wildman–Crippen MR) is 113 cm³/mol. The highest BCUT2D eigenvalue weighted by Crippen LogP contribution is 2.14. The maximum atomic E-state index is 11.9. The molecule has 0 aliphatic carbocycles. The van der Waals surface area contributed by atoms with Gasteiger partial charge in [0.05, 0.1) is 0 Å². The molecule has 4 rings (SSSR count). The number of hydrogen-bond acceptors (Lipinski definition) is 5. The molecule has 0 saturated carbocycles. The van der Waals surface area contributed by atoms with E-state index in [4.69, 9.17) is 4.74 Å². The Labute approximate surface area is 173 Å². The molecule has 0 aromatic rings. The molecule has 2 bridgehead atoms. The monoisotopic (exact) mass is 480 g/mol. The van der Waals surface area contributed by atoms with Crippen molar-refractivity contribution >= 4 is 35.8 Å². The van der Waals surface area contributed by atoms with Crippen LogP contribution in [0.3, 0.4) is 0 Å². The first-order valence-corrected chi connectivity index (χ1v) is 9.41. The number of carbonyl (C=O) groups is 1. The molecule has 4 aliphatic heterocycles. The van der Waals surface area contributed by atoms with E-state index < -0.39 is 0 Å². The summed E-state index contributed by atoms with van der Waals surface area (Å²) in [6, 6.07) is 0.884. The average molecular weight is 480 g/mol. The lowest BCUT2D eigenvalue weighted by Gasteiger charge is -2.47. The number of guanidine groups is 1. The van der Waals surface area contributed by atoms with Gasteiger partial charge < -0.3 is 20.3 Å². The highest BCUT2D eigenvalue weighted by atomic mass is 127. The number of hydrogen-bond donors (Lipinski definition) is 2. The zero-order chi connectivity index (χ0) is 17.6. The van der Waals surface area contributed by atoms with Crippen molar-refractivity contribution in [2.24, 2.45) is 4.99 Å². The summed E-state index contributed by atoms with van der Waals surface area (Å²) in [7, 11) is 3.52. The van der Waals surface area contributed by atoms with Crippen LogP contribution in [0, 0.1) is 0 Å². The Bertz CT molecular complexity index is 476. The van der Waals surface area contributed by atoms with Crippen LogP contribution in [0.4, 0.5) is 0 Å². The molecule has 4 saturated heterocycles. The van der Waals surface area contributed by atoms with Gasteiger partial charge in [-0.25, -0.2) is 4.99 Å². The van der Waals surface area contributed by atoms with Gasteiger partial charge in [-0.15, -0.1) is 24.0 Å². The number of likely N-dealkylation sites (N-methyl/N-ethyl adjacent to an activating group) is 1. The van der Waals surface area contributed by atoms with Gasteiger partial charge in [0.1, 0.15) is 6.54 Å². The second-order valence-electron chi connectivity index (χ2n) is 7.36. The molecule has 1 unspecified atom stereocenters. The highest BCUT2D eigenvalue weighted by Gasteiger charge is 2.31. The van der Waals surface area contributed by atoms with Crippen LogP contribution >= 0.6 is 24.0 Å². The fraction of sp³-hybridized carbons (Fsp3) is 0.882. The van der Waals surface area contributed by atoms with Crippen molar-refractivity contribution in [2.45, 2.75) is 24.9 Å². The lowest BCUT2D eigenvalue weighted by atomic mass is 10.1. The largest absolute Gasteiger partial charge is 0.381 e. The van der Waals surface area contributed by atoms with Gasteiger partial charge in [0.2, 0.25) is 5.91 Å². The van der Waals surface area contributed by atoms with Crippen molar-refractivity contribution in [3.8, 4) is 0 Å². The number of halogens is 1. The fourth-order valence-electron chi connectivity index (χ4n) is 3.61. The van der Waals surface area contributed by atoms with Gasteiger partial charge in [-0.1, -0.05) is 0 Å². The molecule has 150 valence electrons. The Morgan fingerprint density at radius 2 is 1.88 bits per heavy atom. The van der Waals surface area contributed by atoms with Crippen LogP contribution in [-0.2, 0) is 9.53 Å². The molecule has 9 heteroatoms. The van der Waals surface area contributed by atoms with E-state index >= 15 is 0 Å². The van der Waals surface area contributed by atoms with Crippen molar-refractivity contribution in [1.29, 1.82) is 0 Å². The topological polar surface area (TPSA) is 72.4 Å². The van der Waals surface area contributed by atoms with Crippen LogP contribution in [0.2, 0.25) is 0 Å². The van der Waals surface area contributed by atoms with Crippen molar-refractivity contribution in [1.82, 2.24) is 25.3 Å². The van der Waals surface area contributed by atoms with Crippen molar-refractivity contribution < 1.29 is 9.53 Å². The first-order valence-electron chi connectivity index (χ1n) is 9.41. The van der Waals surface area contributed by atoms with E-state index in [1.165, 1.54) is 13.1 Å². The van der Waals surface area contributed by atoms with Crippen LogP contribution in [0.1, 0.15) is 12.8 Å². The van der Waals surface area contributed by atoms with E-state index in [0.29, 0.717) is 12.1 Å². The fourth-order valence-corrected chi connectivity index (χ4v) is 3.61. The summed E-state index contributed by atoms with van der Waals surface area (Å²) in [5.74, 6) is 0.763. The Hall–Kier alpha value is -0.650. The summed E-state index contributed by atoms with van der Waals surface area (Å²) in [6.07, 6.45) is 1.96. The molecule has 0 aromatic carbocycles. The van der Waals surface area contributed by atoms with E-state index in [2.05, 4.69) is 25.4 Å².